The Bertz CT molecular complexity index is 1110. The van der Waals surface area contributed by atoms with Crippen molar-refractivity contribution in [3.05, 3.63) is 48.0 Å². The molecule has 0 bridgehead atoms. The first-order valence-corrected chi connectivity index (χ1v) is 9.32. The van der Waals surface area contributed by atoms with E-state index in [4.69, 9.17) is 9.97 Å². The molecule has 5 rings (SSSR count). The molecule has 26 heavy (non-hydrogen) atoms. The highest BCUT2D eigenvalue weighted by Crippen LogP contribution is 2.27. The van der Waals surface area contributed by atoms with Crippen molar-refractivity contribution in [1.29, 1.82) is 0 Å². The summed E-state index contributed by atoms with van der Waals surface area (Å²) in [6.45, 7) is 6.44. The molecule has 0 saturated carbocycles. The van der Waals surface area contributed by atoms with E-state index in [9.17, 15) is 0 Å². The van der Waals surface area contributed by atoms with E-state index in [0.29, 0.717) is 0 Å². The average Bonchev–Trinajstić information content (AvgIpc) is 2.92. The number of imidazole rings is 1. The van der Waals surface area contributed by atoms with Crippen LogP contribution in [0.3, 0.4) is 0 Å². The highest BCUT2D eigenvalue weighted by molar-refractivity contribution is 5.90. The van der Waals surface area contributed by atoms with Crippen molar-refractivity contribution in [1.82, 2.24) is 19.3 Å². The summed E-state index contributed by atoms with van der Waals surface area (Å²) in [5.41, 5.74) is 5.32. The highest BCUT2D eigenvalue weighted by Gasteiger charge is 2.16. The normalized spacial score (nSPS) is 16.6. The number of likely N-dealkylation sites (N-methyl/N-ethyl adjacent to an activating group) is 1. The van der Waals surface area contributed by atoms with Crippen LogP contribution in [0.25, 0.3) is 27.7 Å². The first-order chi connectivity index (χ1) is 12.7. The van der Waals surface area contributed by atoms with Crippen molar-refractivity contribution in [2.24, 2.45) is 0 Å². The van der Waals surface area contributed by atoms with Crippen LogP contribution in [-0.4, -0.2) is 52.5 Å². The van der Waals surface area contributed by atoms with Gasteiger partial charge in [-0.05, 0) is 62.8 Å². The van der Waals surface area contributed by atoms with Crippen LogP contribution < -0.4 is 4.90 Å². The summed E-state index contributed by atoms with van der Waals surface area (Å²) in [4.78, 5) is 14.7. The second-order valence-corrected chi connectivity index (χ2v) is 7.31. The second kappa shape index (κ2) is 5.95. The van der Waals surface area contributed by atoms with Gasteiger partial charge in [0.05, 0.1) is 11.0 Å². The fraction of sp³-hybridized carbons (Fsp3) is 0.333. The van der Waals surface area contributed by atoms with Crippen LogP contribution in [-0.2, 0) is 0 Å². The summed E-state index contributed by atoms with van der Waals surface area (Å²) in [5, 5.41) is 1.16. The molecule has 5 nitrogen and oxygen atoms in total. The Morgan fingerprint density at radius 3 is 2.69 bits per heavy atom. The molecule has 5 heteroatoms. The zero-order valence-corrected chi connectivity index (χ0v) is 15.3. The number of para-hydroxylation sites is 2. The van der Waals surface area contributed by atoms with E-state index in [1.165, 1.54) is 12.0 Å². The van der Waals surface area contributed by atoms with Crippen molar-refractivity contribution in [3.63, 3.8) is 0 Å². The number of nitrogens with zero attached hydrogens (tertiary/aromatic N) is 5. The van der Waals surface area contributed by atoms with Gasteiger partial charge in [-0.2, -0.15) is 0 Å². The lowest BCUT2D eigenvalue weighted by molar-refractivity contribution is 0.360. The van der Waals surface area contributed by atoms with E-state index < -0.39 is 0 Å². The Morgan fingerprint density at radius 1 is 0.885 bits per heavy atom. The average molecular weight is 345 g/mol. The predicted molar refractivity (Wildman–Crippen MR) is 107 cm³/mol. The summed E-state index contributed by atoms with van der Waals surface area (Å²) >= 11 is 0. The fourth-order valence-corrected chi connectivity index (χ4v) is 4.00. The van der Waals surface area contributed by atoms with Gasteiger partial charge in [0.1, 0.15) is 17.1 Å². The number of aryl methyl sites for hydroxylation is 1. The van der Waals surface area contributed by atoms with E-state index in [-0.39, 0.29) is 0 Å². The van der Waals surface area contributed by atoms with Crippen LogP contribution in [0.1, 0.15) is 12.0 Å². The highest BCUT2D eigenvalue weighted by atomic mass is 15.2. The zero-order chi connectivity index (χ0) is 17.7. The molecule has 1 fully saturated rings. The maximum absolute atomic E-state index is 5.09. The van der Waals surface area contributed by atoms with E-state index in [1.807, 2.05) is 6.07 Å². The van der Waals surface area contributed by atoms with Crippen molar-refractivity contribution in [3.8, 4) is 0 Å². The topological polar surface area (TPSA) is 36.7 Å². The number of benzene rings is 1. The summed E-state index contributed by atoms with van der Waals surface area (Å²) in [5.74, 6) is 1.07. The van der Waals surface area contributed by atoms with Gasteiger partial charge in [-0.15, -0.1) is 0 Å². The van der Waals surface area contributed by atoms with Crippen LogP contribution in [0.2, 0.25) is 0 Å². The Morgan fingerprint density at radius 2 is 1.77 bits per heavy atom. The molecule has 0 N–H and O–H groups in total. The van der Waals surface area contributed by atoms with Crippen LogP contribution in [0.4, 0.5) is 5.82 Å². The molecule has 4 aromatic rings. The van der Waals surface area contributed by atoms with E-state index >= 15 is 0 Å². The zero-order valence-electron chi connectivity index (χ0n) is 15.3. The van der Waals surface area contributed by atoms with Gasteiger partial charge in [0, 0.05) is 25.0 Å². The number of rotatable bonds is 1. The number of aromatic nitrogens is 3. The predicted octanol–water partition coefficient (Wildman–Crippen LogP) is 3.49. The van der Waals surface area contributed by atoms with Crippen molar-refractivity contribution in [2.75, 3.05) is 38.1 Å². The molecular formula is C21H23N5. The maximum atomic E-state index is 5.09. The smallest absolute Gasteiger partial charge is 0.148 e. The number of pyridine rings is 2. The van der Waals surface area contributed by atoms with E-state index in [1.54, 1.807) is 0 Å². The monoisotopic (exact) mass is 345 g/mol. The lowest BCUT2D eigenvalue weighted by atomic mass is 10.2. The maximum Gasteiger partial charge on any atom is 0.148 e. The summed E-state index contributed by atoms with van der Waals surface area (Å²) < 4.78 is 2.22. The molecule has 132 valence electrons. The minimum Gasteiger partial charge on any atom is -0.355 e. The third-order valence-electron chi connectivity index (χ3n) is 5.43. The third kappa shape index (κ3) is 2.42. The minimum atomic E-state index is 0.995. The lowest BCUT2D eigenvalue weighted by Gasteiger charge is -2.22. The molecule has 0 aliphatic carbocycles. The molecule has 1 aromatic carbocycles. The van der Waals surface area contributed by atoms with Crippen LogP contribution in [0.5, 0.6) is 0 Å². The van der Waals surface area contributed by atoms with E-state index in [2.05, 4.69) is 64.6 Å². The SMILES string of the molecule is Cc1cc2ccc(N3CCCN(C)CC3)nc2n2c1nc1ccccc12. The molecule has 0 unspecified atom stereocenters. The van der Waals surface area contributed by atoms with Crippen LogP contribution >= 0.6 is 0 Å². The number of anilines is 1. The van der Waals surface area contributed by atoms with Gasteiger partial charge in [-0.3, -0.25) is 4.40 Å². The van der Waals surface area contributed by atoms with Crippen LogP contribution in [0, 0.1) is 6.92 Å². The molecule has 4 heterocycles. The standard InChI is InChI=1S/C21H23N5/c1-15-14-16-8-9-19(25-11-5-10-24(2)12-13-25)23-21(16)26-18-7-4-3-6-17(18)22-20(15)26/h3-4,6-9,14H,5,10-13H2,1-2H3. The van der Waals surface area contributed by atoms with Gasteiger partial charge in [-0.25, -0.2) is 9.97 Å². The molecular weight excluding hydrogens is 322 g/mol. The molecule has 0 spiro atoms. The fourth-order valence-electron chi connectivity index (χ4n) is 4.00. The molecule has 1 aliphatic rings. The van der Waals surface area contributed by atoms with Crippen molar-refractivity contribution >= 4 is 33.5 Å². The van der Waals surface area contributed by atoms with Gasteiger partial charge in [0.2, 0.25) is 0 Å². The Kier molecular flexibility index (Phi) is 3.57. The Balaban J connectivity index is 1.74. The Hall–Kier alpha value is -2.66. The van der Waals surface area contributed by atoms with Crippen molar-refractivity contribution < 1.29 is 0 Å². The van der Waals surface area contributed by atoms with Gasteiger partial charge in [-0.1, -0.05) is 12.1 Å². The van der Waals surface area contributed by atoms with E-state index in [0.717, 1.165) is 59.7 Å². The number of hydrogen-bond donors (Lipinski definition) is 0. The Labute approximate surface area is 152 Å². The molecule has 0 atom stereocenters. The van der Waals surface area contributed by atoms with Gasteiger partial charge in [0.25, 0.3) is 0 Å². The minimum absolute atomic E-state index is 0.995. The molecule has 0 amide bonds. The second-order valence-electron chi connectivity index (χ2n) is 7.31. The lowest BCUT2D eigenvalue weighted by Crippen LogP contribution is -2.29. The molecule has 1 saturated heterocycles. The van der Waals surface area contributed by atoms with Gasteiger partial charge < -0.3 is 9.80 Å². The molecule has 3 aromatic heterocycles. The van der Waals surface area contributed by atoms with Gasteiger partial charge in [0.15, 0.2) is 0 Å². The quantitative estimate of drug-likeness (QED) is 0.529. The third-order valence-corrected chi connectivity index (χ3v) is 5.43. The first kappa shape index (κ1) is 15.6. The number of hydrogen-bond acceptors (Lipinski definition) is 4. The summed E-state index contributed by atoms with van der Waals surface area (Å²) in [7, 11) is 2.20. The largest absolute Gasteiger partial charge is 0.355 e. The van der Waals surface area contributed by atoms with Crippen LogP contribution in [0.15, 0.2) is 42.5 Å². The summed E-state index contributed by atoms with van der Waals surface area (Å²) in [6.07, 6.45) is 1.17. The summed E-state index contributed by atoms with van der Waals surface area (Å²) in [6, 6.07) is 14.9. The molecule has 0 radical (unpaired) electrons. The first-order valence-electron chi connectivity index (χ1n) is 9.32. The molecule has 1 aliphatic heterocycles. The van der Waals surface area contributed by atoms with Crippen molar-refractivity contribution in [2.45, 2.75) is 13.3 Å². The number of fused-ring (bicyclic) bond motifs is 5. The van der Waals surface area contributed by atoms with Gasteiger partial charge >= 0.3 is 0 Å².